The van der Waals surface area contributed by atoms with Gasteiger partial charge in [-0.3, -0.25) is 4.79 Å². The van der Waals surface area contributed by atoms with Crippen LogP contribution in [-0.2, 0) is 11.3 Å². The fourth-order valence-corrected chi connectivity index (χ4v) is 2.51. The predicted molar refractivity (Wildman–Crippen MR) is 74.2 cm³/mol. The number of thiophene rings is 1. The molecule has 1 amide bonds. The van der Waals surface area contributed by atoms with Crippen molar-refractivity contribution in [2.45, 2.75) is 12.6 Å². The highest BCUT2D eigenvalue weighted by atomic mass is 32.1. The molecule has 1 aromatic carbocycles. The number of hydrogen-bond donors (Lipinski definition) is 1. The second kappa shape index (κ2) is 5.80. The zero-order valence-electron chi connectivity index (χ0n) is 10.2. The van der Waals surface area contributed by atoms with Gasteiger partial charge in [-0.1, -0.05) is 36.4 Å². The van der Waals surface area contributed by atoms with E-state index in [0.29, 0.717) is 6.54 Å². The van der Waals surface area contributed by atoms with Gasteiger partial charge in [-0.15, -0.1) is 11.3 Å². The Balaban J connectivity index is 2.02. The standard InChI is InChI=1S/C14H16N2OS/c1-16(10-12-8-5-9-18-12)14(17)13(15)11-6-3-2-4-7-11/h2-9,13H,10,15H2,1H3/t13-/m1/s1. The molecule has 1 atom stereocenters. The summed E-state index contributed by atoms with van der Waals surface area (Å²) in [6, 6.07) is 12.9. The van der Waals surface area contributed by atoms with Gasteiger partial charge in [0.1, 0.15) is 6.04 Å². The maximum absolute atomic E-state index is 12.2. The van der Waals surface area contributed by atoms with Gasteiger partial charge in [-0.05, 0) is 17.0 Å². The van der Waals surface area contributed by atoms with E-state index in [4.69, 9.17) is 5.73 Å². The first-order valence-electron chi connectivity index (χ1n) is 5.76. The molecule has 0 spiro atoms. The molecule has 3 nitrogen and oxygen atoms in total. The topological polar surface area (TPSA) is 46.3 Å². The van der Waals surface area contributed by atoms with Crippen molar-refractivity contribution < 1.29 is 4.79 Å². The second-order valence-corrected chi connectivity index (χ2v) is 5.19. The van der Waals surface area contributed by atoms with Crippen molar-refractivity contribution in [1.82, 2.24) is 4.90 Å². The summed E-state index contributed by atoms with van der Waals surface area (Å²) < 4.78 is 0. The molecule has 0 aliphatic carbocycles. The lowest BCUT2D eigenvalue weighted by Crippen LogP contribution is -2.35. The molecule has 0 aliphatic heterocycles. The Morgan fingerprint density at radius 2 is 2.00 bits per heavy atom. The normalized spacial score (nSPS) is 12.1. The molecule has 1 aromatic heterocycles. The predicted octanol–water partition coefficient (Wildman–Crippen LogP) is 2.41. The lowest BCUT2D eigenvalue weighted by Gasteiger charge is -2.20. The van der Waals surface area contributed by atoms with Gasteiger partial charge < -0.3 is 10.6 Å². The number of rotatable bonds is 4. The minimum absolute atomic E-state index is 0.0606. The molecule has 2 rings (SSSR count). The van der Waals surface area contributed by atoms with Gasteiger partial charge >= 0.3 is 0 Å². The van der Waals surface area contributed by atoms with E-state index < -0.39 is 6.04 Å². The summed E-state index contributed by atoms with van der Waals surface area (Å²) in [6.07, 6.45) is 0. The fraction of sp³-hybridized carbons (Fsp3) is 0.214. The quantitative estimate of drug-likeness (QED) is 0.917. The Kier molecular flexibility index (Phi) is 4.12. The summed E-state index contributed by atoms with van der Waals surface area (Å²) in [5.74, 6) is -0.0606. The Hall–Kier alpha value is -1.65. The molecule has 18 heavy (non-hydrogen) atoms. The molecule has 94 valence electrons. The Labute approximate surface area is 111 Å². The van der Waals surface area contributed by atoms with E-state index in [1.807, 2.05) is 47.8 Å². The average molecular weight is 260 g/mol. The highest BCUT2D eigenvalue weighted by Crippen LogP contribution is 2.16. The first-order valence-corrected chi connectivity index (χ1v) is 6.64. The van der Waals surface area contributed by atoms with Gasteiger partial charge in [0.05, 0.1) is 6.54 Å². The molecule has 0 saturated heterocycles. The second-order valence-electron chi connectivity index (χ2n) is 4.16. The first-order chi connectivity index (χ1) is 8.68. The zero-order chi connectivity index (χ0) is 13.0. The third kappa shape index (κ3) is 2.97. The summed E-state index contributed by atoms with van der Waals surface area (Å²) in [7, 11) is 1.78. The van der Waals surface area contributed by atoms with Crippen molar-refractivity contribution in [3.8, 4) is 0 Å². The molecule has 0 bridgehead atoms. The van der Waals surface area contributed by atoms with E-state index in [1.54, 1.807) is 23.3 Å². The summed E-state index contributed by atoms with van der Waals surface area (Å²) >= 11 is 1.64. The highest BCUT2D eigenvalue weighted by Gasteiger charge is 2.19. The third-order valence-electron chi connectivity index (χ3n) is 2.77. The van der Waals surface area contributed by atoms with E-state index in [2.05, 4.69) is 0 Å². The zero-order valence-corrected chi connectivity index (χ0v) is 11.1. The van der Waals surface area contributed by atoms with E-state index in [1.165, 1.54) is 0 Å². The van der Waals surface area contributed by atoms with Gasteiger partial charge in [0, 0.05) is 11.9 Å². The minimum atomic E-state index is -0.587. The van der Waals surface area contributed by atoms with Crippen molar-refractivity contribution in [2.75, 3.05) is 7.05 Å². The van der Waals surface area contributed by atoms with Gasteiger partial charge in [0.15, 0.2) is 0 Å². The highest BCUT2D eigenvalue weighted by molar-refractivity contribution is 7.09. The first kappa shape index (κ1) is 12.8. The van der Waals surface area contributed by atoms with Crippen LogP contribution in [0.25, 0.3) is 0 Å². The Bertz CT molecular complexity index is 496. The van der Waals surface area contributed by atoms with E-state index in [9.17, 15) is 4.79 Å². The lowest BCUT2D eigenvalue weighted by atomic mass is 10.1. The van der Waals surface area contributed by atoms with Gasteiger partial charge in [0.25, 0.3) is 0 Å². The molecule has 4 heteroatoms. The molecule has 2 N–H and O–H groups in total. The van der Waals surface area contributed by atoms with Crippen LogP contribution in [0.15, 0.2) is 47.8 Å². The molecule has 0 fully saturated rings. The van der Waals surface area contributed by atoms with Crippen molar-refractivity contribution in [2.24, 2.45) is 5.73 Å². The smallest absolute Gasteiger partial charge is 0.244 e. The number of hydrogen-bond acceptors (Lipinski definition) is 3. The molecule has 1 heterocycles. The number of carbonyl (C=O) groups is 1. The molecule has 0 aliphatic rings. The summed E-state index contributed by atoms with van der Waals surface area (Å²) in [6.45, 7) is 0.608. The maximum Gasteiger partial charge on any atom is 0.244 e. The van der Waals surface area contributed by atoms with Crippen molar-refractivity contribution >= 4 is 17.2 Å². The number of benzene rings is 1. The van der Waals surface area contributed by atoms with Crippen LogP contribution in [0.4, 0.5) is 0 Å². The summed E-state index contributed by atoms with van der Waals surface area (Å²) in [4.78, 5) is 15.0. The Morgan fingerprint density at radius 1 is 1.28 bits per heavy atom. The van der Waals surface area contributed by atoms with E-state index >= 15 is 0 Å². The van der Waals surface area contributed by atoms with Crippen LogP contribution in [0.1, 0.15) is 16.5 Å². The number of nitrogens with two attached hydrogens (primary N) is 1. The summed E-state index contributed by atoms with van der Waals surface area (Å²) in [5.41, 5.74) is 6.83. The van der Waals surface area contributed by atoms with Gasteiger partial charge in [-0.2, -0.15) is 0 Å². The lowest BCUT2D eigenvalue weighted by molar-refractivity contribution is -0.131. The largest absolute Gasteiger partial charge is 0.339 e. The van der Waals surface area contributed by atoms with Gasteiger partial charge in [-0.25, -0.2) is 0 Å². The molecule has 0 unspecified atom stereocenters. The van der Waals surface area contributed by atoms with Crippen LogP contribution in [0.2, 0.25) is 0 Å². The van der Waals surface area contributed by atoms with Crippen LogP contribution in [-0.4, -0.2) is 17.9 Å². The molecule has 0 saturated carbocycles. The van der Waals surface area contributed by atoms with Crippen molar-refractivity contribution in [3.63, 3.8) is 0 Å². The third-order valence-corrected chi connectivity index (χ3v) is 3.64. The monoisotopic (exact) mass is 260 g/mol. The number of nitrogens with zero attached hydrogens (tertiary/aromatic N) is 1. The molecule has 0 radical (unpaired) electrons. The fourth-order valence-electron chi connectivity index (χ4n) is 1.75. The van der Waals surface area contributed by atoms with E-state index in [-0.39, 0.29) is 5.91 Å². The Morgan fingerprint density at radius 3 is 2.61 bits per heavy atom. The minimum Gasteiger partial charge on any atom is -0.339 e. The number of amides is 1. The van der Waals surface area contributed by atoms with Crippen molar-refractivity contribution in [1.29, 1.82) is 0 Å². The number of carbonyl (C=O) groups excluding carboxylic acids is 1. The van der Waals surface area contributed by atoms with Crippen LogP contribution in [0, 0.1) is 0 Å². The molecular weight excluding hydrogens is 244 g/mol. The SMILES string of the molecule is CN(Cc1cccs1)C(=O)[C@H](N)c1ccccc1. The van der Waals surface area contributed by atoms with Crippen LogP contribution < -0.4 is 5.73 Å². The maximum atomic E-state index is 12.2. The van der Waals surface area contributed by atoms with Gasteiger partial charge in [0.2, 0.25) is 5.91 Å². The van der Waals surface area contributed by atoms with E-state index in [0.717, 1.165) is 10.4 Å². The van der Waals surface area contributed by atoms with Crippen LogP contribution in [0.3, 0.4) is 0 Å². The summed E-state index contributed by atoms with van der Waals surface area (Å²) in [5, 5.41) is 2.00. The number of likely N-dealkylation sites (N-methyl/N-ethyl adjacent to an activating group) is 1. The molecule has 2 aromatic rings. The molecular formula is C14H16N2OS. The van der Waals surface area contributed by atoms with Crippen molar-refractivity contribution in [3.05, 3.63) is 58.3 Å². The average Bonchev–Trinajstić information content (AvgIpc) is 2.91. The van der Waals surface area contributed by atoms with Crippen LogP contribution >= 0.6 is 11.3 Å². The van der Waals surface area contributed by atoms with Crippen LogP contribution in [0.5, 0.6) is 0 Å².